The van der Waals surface area contributed by atoms with E-state index in [0.29, 0.717) is 30.3 Å². The van der Waals surface area contributed by atoms with Crippen LogP contribution < -0.4 is 0 Å². The van der Waals surface area contributed by atoms with Crippen molar-refractivity contribution >= 4 is 17.5 Å². The molecule has 0 spiro atoms. The lowest BCUT2D eigenvalue weighted by molar-refractivity contribution is -0.0663. The Morgan fingerprint density at radius 2 is 1.95 bits per heavy atom. The minimum Gasteiger partial charge on any atom is -0.379 e. The van der Waals surface area contributed by atoms with Crippen LogP contribution >= 0.6 is 11.6 Å². The predicted octanol–water partition coefficient (Wildman–Crippen LogP) is 1.50. The van der Waals surface area contributed by atoms with Gasteiger partial charge in [-0.15, -0.1) is 0 Å². The first kappa shape index (κ1) is 14.3. The van der Waals surface area contributed by atoms with Crippen LogP contribution in [0.4, 0.5) is 0 Å². The number of hydroxylamine groups is 2. The van der Waals surface area contributed by atoms with Crippen LogP contribution in [0.25, 0.3) is 0 Å². The zero-order valence-electron chi connectivity index (χ0n) is 10.6. The maximum absolute atomic E-state index is 11.9. The monoisotopic (exact) mass is 284 g/mol. The molecule has 0 radical (unpaired) electrons. The summed E-state index contributed by atoms with van der Waals surface area (Å²) in [6, 6.07) is 6.46. The summed E-state index contributed by atoms with van der Waals surface area (Å²) in [7, 11) is 0. The summed E-state index contributed by atoms with van der Waals surface area (Å²) in [5.74, 6) is -0.412. The molecule has 5 nitrogen and oxygen atoms in total. The summed E-state index contributed by atoms with van der Waals surface area (Å²) < 4.78 is 5.24. The van der Waals surface area contributed by atoms with Crippen molar-refractivity contribution in [2.75, 3.05) is 39.4 Å². The molecule has 19 heavy (non-hydrogen) atoms. The lowest BCUT2D eigenvalue weighted by Gasteiger charge is -2.27. The normalized spacial score (nSPS) is 16.3. The lowest BCUT2D eigenvalue weighted by atomic mass is 10.2. The van der Waals surface area contributed by atoms with Gasteiger partial charge < -0.3 is 4.74 Å². The van der Waals surface area contributed by atoms with Gasteiger partial charge >= 0.3 is 0 Å². The summed E-state index contributed by atoms with van der Waals surface area (Å²) >= 11 is 5.75. The van der Waals surface area contributed by atoms with Crippen LogP contribution in [0.2, 0.25) is 5.02 Å². The number of rotatable bonds is 4. The van der Waals surface area contributed by atoms with Crippen LogP contribution in [-0.2, 0) is 4.74 Å². The molecule has 1 aromatic rings. The first-order chi connectivity index (χ1) is 9.16. The van der Waals surface area contributed by atoms with Gasteiger partial charge in [0.2, 0.25) is 0 Å². The topological polar surface area (TPSA) is 53.0 Å². The van der Waals surface area contributed by atoms with Crippen LogP contribution in [0.3, 0.4) is 0 Å². The molecule has 1 saturated heterocycles. The standard InChI is InChI=1S/C13H17ClN2O3/c14-12-3-1-11(2-4-12)13(17)16(18)6-5-15-7-9-19-10-8-15/h1-4,18H,5-10H2. The molecule has 1 fully saturated rings. The lowest BCUT2D eigenvalue weighted by Crippen LogP contribution is -2.42. The summed E-state index contributed by atoms with van der Waals surface area (Å²) in [6.07, 6.45) is 0. The number of amides is 1. The predicted molar refractivity (Wildman–Crippen MR) is 71.5 cm³/mol. The van der Waals surface area contributed by atoms with E-state index in [-0.39, 0.29) is 6.54 Å². The Kier molecular flexibility index (Phi) is 5.15. The first-order valence-corrected chi connectivity index (χ1v) is 6.61. The maximum Gasteiger partial charge on any atom is 0.277 e. The van der Waals surface area contributed by atoms with Gasteiger partial charge in [0, 0.05) is 30.2 Å². The molecule has 1 amide bonds. The second kappa shape index (κ2) is 6.86. The number of benzene rings is 1. The molecule has 0 atom stereocenters. The third kappa shape index (κ3) is 4.18. The number of carbonyl (C=O) groups excluding carboxylic acids is 1. The molecule has 6 heteroatoms. The van der Waals surface area contributed by atoms with Gasteiger partial charge in [0.1, 0.15) is 0 Å². The van der Waals surface area contributed by atoms with Crippen molar-refractivity contribution in [3.8, 4) is 0 Å². The molecule has 104 valence electrons. The second-order valence-electron chi connectivity index (χ2n) is 4.39. The third-order valence-corrected chi connectivity index (χ3v) is 3.31. The Balaban J connectivity index is 1.83. The molecular weight excluding hydrogens is 268 g/mol. The Morgan fingerprint density at radius 3 is 2.58 bits per heavy atom. The van der Waals surface area contributed by atoms with Crippen molar-refractivity contribution in [2.45, 2.75) is 0 Å². The highest BCUT2D eigenvalue weighted by Crippen LogP contribution is 2.11. The van der Waals surface area contributed by atoms with Crippen LogP contribution in [-0.4, -0.2) is 60.5 Å². The largest absolute Gasteiger partial charge is 0.379 e. The van der Waals surface area contributed by atoms with Gasteiger partial charge in [-0.3, -0.25) is 14.9 Å². The van der Waals surface area contributed by atoms with Gasteiger partial charge in [-0.25, -0.2) is 5.06 Å². The Hall–Kier alpha value is -1.14. The highest BCUT2D eigenvalue weighted by atomic mass is 35.5. The Bertz CT molecular complexity index is 418. The number of hydrogen-bond acceptors (Lipinski definition) is 4. The number of carbonyl (C=O) groups is 1. The minimum absolute atomic E-state index is 0.279. The van der Waals surface area contributed by atoms with Crippen LogP contribution in [0.1, 0.15) is 10.4 Å². The quantitative estimate of drug-likeness (QED) is 0.672. The molecule has 0 unspecified atom stereocenters. The number of nitrogens with zero attached hydrogens (tertiary/aromatic N) is 2. The van der Waals surface area contributed by atoms with Gasteiger partial charge in [0.05, 0.1) is 19.8 Å². The molecule has 1 aliphatic heterocycles. The number of ether oxygens (including phenoxy) is 1. The molecule has 1 aliphatic rings. The molecule has 2 rings (SSSR count). The first-order valence-electron chi connectivity index (χ1n) is 6.23. The van der Waals surface area contributed by atoms with Crippen molar-refractivity contribution < 1.29 is 14.7 Å². The van der Waals surface area contributed by atoms with Gasteiger partial charge in [-0.05, 0) is 24.3 Å². The van der Waals surface area contributed by atoms with E-state index in [4.69, 9.17) is 16.3 Å². The van der Waals surface area contributed by atoms with E-state index in [1.807, 2.05) is 0 Å². The third-order valence-electron chi connectivity index (χ3n) is 3.06. The maximum atomic E-state index is 11.9. The molecule has 1 heterocycles. The van der Waals surface area contributed by atoms with Crippen molar-refractivity contribution in [3.63, 3.8) is 0 Å². The van der Waals surface area contributed by atoms with Crippen molar-refractivity contribution in [2.24, 2.45) is 0 Å². The SMILES string of the molecule is O=C(c1ccc(Cl)cc1)N(O)CCN1CCOCC1. The van der Waals surface area contributed by atoms with Gasteiger partial charge in [-0.1, -0.05) is 11.6 Å². The highest BCUT2D eigenvalue weighted by molar-refractivity contribution is 6.30. The molecule has 0 bridgehead atoms. The fraction of sp³-hybridized carbons (Fsp3) is 0.462. The van der Waals surface area contributed by atoms with E-state index in [1.54, 1.807) is 24.3 Å². The van der Waals surface area contributed by atoms with E-state index in [9.17, 15) is 10.0 Å². The van der Waals surface area contributed by atoms with E-state index in [0.717, 1.165) is 18.2 Å². The van der Waals surface area contributed by atoms with Crippen molar-refractivity contribution in [3.05, 3.63) is 34.9 Å². The van der Waals surface area contributed by atoms with Crippen molar-refractivity contribution in [1.29, 1.82) is 0 Å². The zero-order valence-corrected chi connectivity index (χ0v) is 11.3. The molecule has 0 saturated carbocycles. The van der Waals surface area contributed by atoms with Gasteiger partial charge in [0.15, 0.2) is 0 Å². The molecule has 0 aromatic heterocycles. The fourth-order valence-electron chi connectivity index (χ4n) is 1.90. The van der Waals surface area contributed by atoms with Gasteiger partial charge in [0.25, 0.3) is 5.91 Å². The van der Waals surface area contributed by atoms with Crippen molar-refractivity contribution in [1.82, 2.24) is 9.96 Å². The summed E-state index contributed by atoms with van der Waals surface area (Å²) in [5.41, 5.74) is 0.425. The van der Waals surface area contributed by atoms with Crippen LogP contribution in [0.5, 0.6) is 0 Å². The van der Waals surface area contributed by atoms with Crippen LogP contribution in [0, 0.1) is 0 Å². The number of hydrogen-bond donors (Lipinski definition) is 1. The molecule has 1 aromatic carbocycles. The smallest absolute Gasteiger partial charge is 0.277 e. The Morgan fingerprint density at radius 1 is 1.32 bits per heavy atom. The number of halogens is 1. The van der Waals surface area contributed by atoms with Gasteiger partial charge in [-0.2, -0.15) is 0 Å². The summed E-state index contributed by atoms with van der Waals surface area (Å²) in [5, 5.41) is 11.1. The Labute approximate surface area is 117 Å². The van der Waals surface area contributed by atoms with E-state index in [1.165, 1.54) is 0 Å². The van der Waals surface area contributed by atoms with E-state index in [2.05, 4.69) is 4.90 Å². The minimum atomic E-state index is -0.412. The van der Waals surface area contributed by atoms with Crippen LogP contribution in [0.15, 0.2) is 24.3 Å². The summed E-state index contributed by atoms with van der Waals surface area (Å²) in [4.78, 5) is 14.1. The highest BCUT2D eigenvalue weighted by Gasteiger charge is 2.16. The van der Waals surface area contributed by atoms with E-state index < -0.39 is 5.91 Å². The fourth-order valence-corrected chi connectivity index (χ4v) is 2.03. The number of morpholine rings is 1. The average Bonchev–Trinajstić information content (AvgIpc) is 2.46. The average molecular weight is 285 g/mol. The molecule has 1 N–H and O–H groups in total. The molecular formula is C13H17ClN2O3. The second-order valence-corrected chi connectivity index (χ2v) is 4.83. The van der Waals surface area contributed by atoms with E-state index >= 15 is 0 Å². The summed E-state index contributed by atoms with van der Waals surface area (Å²) in [6.45, 7) is 4.00. The molecule has 0 aliphatic carbocycles. The zero-order chi connectivity index (χ0) is 13.7.